The van der Waals surface area contributed by atoms with Crippen LogP contribution in [-0.4, -0.2) is 28.8 Å². The second-order valence-corrected chi connectivity index (χ2v) is 7.23. The van der Waals surface area contributed by atoms with E-state index in [1.807, 2.05) is 13.0 Å². The fraction of sp³-hybridized carbons (Fsp3) is 0.500. The van der Waals surface area contributed by atoms with E-state index in [1.54, 1.807) is 12.3 Å². The second kappa shape index (κ2) is 6.69. The van der Waals surface area contributed by atoms with Gasteiger partial charge in [0.1, 0.15) is 23.4 Å². The molecule has 0 radical (unpaired) electrons. The summed E-state index contributed by atoms with van der Waals surface area (Å²) in [5, 5.41) is 18.8. The molecule has 1 saturated heterocycles. The fourth-order valence-electron chi connectivity index (χ4n) is 3.98. The van der Waals surface area contributed by atoms with Crippen molar-refractivity contribution in [3.05, 3.63) is 34.7 Å². The van der Waals surface area contributed by atoms with Crippen LogP contribution in [0.2, 0.25) is 0 Å². The molecule has 1 spiro atoms. The standard InChI is InChI=1S/C20H22N4O/c1-14-13-23-16(11-21)10-17(14)19(18(12-22)15(2)25)24-8-6-20(7-9-24)4-3-5-20/h10,13H,3-9H2,1-2H3/b19-18+. The van der Waals surface area contributed by atoms with Crippen LogP contribution in [0.5, 0.6) is 0 Å². The highest BCUT2D eigenvalue weighted by Crippen LogP contribution is 2.49. The number of carbonyl (C=O) groups is 1. The van der Waals surface area contributed by atoms with Gasteiger partial charge in [-0.15, -0.1) is 0 Å². The van der Waals surface area contributed by atoms with Crippen molar-refractivity contribution in [2.24, 2.45) is 5.41 Å². The predicted octanol–water partition coefficient (Wildman–Crippen LogP) is 3.35. The number of rotatable bonds is 3. The SMILES string of the molecule is CC(=O)/C(C#N)=C(\c1cc(C#N)ncc1C)N1CCC2(CCC2)CC1. The number of nitriles is 2. The van der Waals surface area contributed by atoms with Crippen LogP contribution in [0.1, 0.15) is 55.8 Å². The van der Waals surface area contributed by atoms with Crippen LogP contribution in [0.25, 0.3) is 5.70 Å². The third kappa shape index (κ3) is 3.15. The molecule has 2 heterocycles. The Kier molecular flexibility index (Phi) is 4.59. The number of pyridine rings is 1. The Labute approximate surface area is 148 Å². The summed E-state index contributed by atoms with van der Waals surface area (Å²) in [4.78, 5) is 18.4. The minimum Gasteiger partial charge on any atom is -0.370 e. The van der Waals surface area contributed by atoms with E-state index in [0.717, 1.165) is 37.1 Å². The van der Waals surface area contributed by atoms with Gasteiger partial charge in [-0.25, -0.2) is 4.98 Å². The molecule has 0 aromatic carbocycles. The third-order valence-corrected chi connectivity index (χ3v) is 5.73. The number of aromatic nitrogens is 1. The Morgan fingerprint density at radius 2 is 1.92 bits per heavy atom. The Morgan fingerprint density at radius 1 is 1.24 bits per heavy atom. The van der Waals surface area contributed by atoms with Crippen LogP contribution in [0.15, 0.2) is 17.8 Å². The summed E-state index contributed by atoms with van der Waals surface area (Å²) in [5.41, 5.74) is 3.25. The maximum Gasteiger partial charge on any atom is 0.172 e. The maximum atomic E-state index is 12.1. The molecule has 0 unspecified atom stereocenters. The molecule has 5 nitrogen and oxygen atoms in total. The molecular formula is C20H22N4O. The molecule has 128 valence electrons. The average molecular weight is 334 g/mol. The largest absolute Gasteiger partial charge is 0.370 e. The lowest BCUT2D eigenvalue weighted by Crippen LogP contribution is -2.43. The molecule has 3 rings (SSSR count). The number of carbonyl (C=O) groups excluding carboxylic acids is 1. The van der Waals surface area contributed by atoms with Crippen LogP contribution in [0, 0.1) is 35.0 Å². The van der Waals surface area contributed by atoms with Crippen molar-refractivity contribution in [2.75, 3.05) is 13.1 Å². The third-order valence-electron chi connectivity index (χ3n) is 5.73. The number of Topliss-reactive ketones (excluding diaryl/α,β-unsaturated/α-hetero) is 1. The van der Waals surface area contributed by atoms with Gasteiger partial charge in [-0.3, -0.25) is 4.79 Å². The molecule has 0 amide bonds. The van der Waals surface area contributed by atoms with Crippen molar-refractivity contribution < 1.29 is 4.79 Å². The molecule has 0 N–H and O–H groups in total. The van der Waals surface area contributed by atoms with Crippen LogP contribution in [0.4, 0.5) is 0 Å². The number of nitrogens with zero attached hydrogens (tertiary/aromatic N) is 4. The van der Waals surface area contributed by atoms with Crippen molar-refractivity contribution in [1.29, 1.82) is 10.5 Å². The molecule has 1 aliphatic heterocycles. The summed E-state index contributed by atoms with van der Waals surface area (Å²) in [6.45, 7) is 5.02. The maximum absolute atomic E-state index is 12.1. The Morgan fingerprint density at radius 3 is 2.40 bits per heavy atom. The topological polar surface area (TPSA) is 80.8 Å². The van der Waals surface area contributed by atoms with Crippen LogP contribution >= 0.6 is 0 Å². The molecule has 2 aliphatic rings. The van der Waals surface area contributed by atoms with E-state index in [2.05, 4.69) is 16.0 Å². The van der Waals surface area contributed by atoms with Gasteiger partial charge in [0.05, 0.1) is 5.70 Å². The number of aryl methyl sites for hydroxylation is 1. The molecular weight excluding hydrogens is 312 g/mol. The minimum absolute atomic E-state index is 0.169. The van der Waals surface area contributed by atoms with E-state index in [4.69, 9.17) is 0 Å². The van der Waals surface area contributed by atoms with Gasteiger partial charge in [0.15, 0.2) is 5.78 Å². The van der Waals surface area contributed by atoms with Crippen molar-refractivity contribution in [3.8, 4) is 12.1 Å². The molecule has 1 saturated carbocycles. The quantitative estimate of drug-likeness (QED) is 0.625. The monoisotopic (exact) mass is 334 g/mol. The van der Waals surface area contributed by atoms with Crippen molar-refractivity contribution in [2.45, 2.75) is 46.0 Å². The molecule has 1 aromatic rings. The molecule has 25 heavy (non-hydrogen) atoms. The van der Waals surface area contributed by atoms with Crippen molar-refractivity contribution in [3.63, 3.8) is 0 Å². The van der Waals surface area contributed by atoms with E-state index < -0.39 is 0 Å². The van der Waals surface area contributed by atoms with Gasteiger partial charge >= 0.3 is 0 Å². The number of hydrogen-bond acceptors (Lipinski definition) is 5. The van der Waals surface area contributed by atoms with Gasteiger partial charge in [-0.2, -0.15) is 10.5 Å². The van der Waals surface area contributed by atoms with Gasteiger partial charge < -0.3 is 4.90 Å². The number of hydrogen-bond donors (Lipinski definition) is 0. The van der Waals surface area contributed by atoms with E-state index in [9.17, 15) is 15.3 Å². The van der Waals surface area contributed by atoms with Gasteiger partial charge in [-0.05, 0) is 56.6 Å². The first-order valence-corrected chi connectivity index (χ1v) is 8.77. The van der Waals surface area contributed by atoms with Gasteiger partial charge in [0.25, 0.3) is 0 Å². The Bertz CT molecular complexity index is 811. The molecule has 2 fully saturated rings. The van der Waals surface area contributed by atoms with Crippen molar-refractivity contribution in [1.82, 2.24) is 9.88 Å². The van der Waals surface area contributed by atoms with Gasteiger partial charge in [0.2, 0.25) is 0 Å². The fourth-order valence-corrected chi connectivity index (χ4v) is 3.98. The average Bonchev–Trinajstić information content (AvgIpc) is 2.59. The minimum atomic E-state index is -0.240. The number of allylic oxidation sites excluding steroid dienone is 1. The second-order valence-electron chi connectivity index (χ2n) is 7.23. The highest BCUT2D eigenvalue weighted by molar-refractivity contribution is 6.04. The predicted molar refractivity (Wildman–Crippen MR) is 94.0 cm³/mol. The zero-order chi connectivity index (χ0) is 18.0. The number of likely N-dealkylation sites (tertiary alicyclic amines) is 1. The van der Waals surface area contributed by atoms with E-state index in [-0.39, 0.29) is 11.4 Å². The summed E-state index contributed by atoms with van der Waals surface area (Å²) in [7, 11) is 0. The van der Waals surface area contributed by atoms with Gasteiger partial charge in [-0.1, -0.05) is 6.42 Å². The lowest BCUT2D eigenvalue weighted by molar-refractivity contribution is -0.113. The van der Waals surface area contributed by atoms with E-state index in [0.29, 0.717) is 16.8 Å². The van der Waals surface area contributed by atoms with Crippen molar-refractivity contribution >= 4 is 11.5 Å². The lowest BCUT2D eigenvalue weighted by atomic mass is 9.63. The highest BCUT2D eigenvalue weighted by atomic mass is 16.1. The summed E-state index contributed by atoms with van der Waals surface area (Å²) < 4.78 is 0. The summed E-state index contributed by atoms with van der Waals surface area (Å²) in [6, 6.07) is 5.84. The smallest absolute Gasteiger partial charge is 0.172 e. The molecule has 1 aliphatic carbocycles. The Hall–Kier alpha value is -2.66. The van der Waals surface area contributed by atoms with Gasteiger partial charge in [0, 0.05) is 24.8 Å². The Balaban J connectivity index is 2.05. The first-order valence-electron chi connectivity index (χ1n) is 8.77. The zero-order valence-electron chi connectivity index (χ0n) is 14.8. The number of piperidine rings is 1. The van der Waals surface area contributed by atoms with Crippen LogP contribution < -0.4 is 0 Å². The van der Waals surface area contributed by atoms with Crippen LogP contribution in [-0.2, 0) is 4.79 Å². The molecule has 5 heteroatoms. The number of ketones is 1. The lowest BCUT2D eigenvalue weighted by Gasteiger charge is -2.49. The molecule has 0 atom stereocenters. The normalized spacial score (nSPS) is 19.4. The molecule has 0 bridgehead atoms. The summed E-state index contributed by atoms with van der Waals surface area (Å²) >= 11 is 0. The summed E-state index contributed by atoms with van der Waals surface area (Å²) in [6.07, 6.45) is 7.74. The molecule has 1 aromatic heterocycles. The van der Waals surface area contributed by atoms with E-state index in [1.165, 1.54) is 26.2 Å². The zero-order valence-corrected chi connectivity index (χ0v) is 14.8. The van der Waals surface area contributed by atoms with Crippen LogP contribution in [0.3, 0.4) is 0 Å². The summed E-state index contributed by atoms with van der Waals surface area (Å²) in [5.74, 6) is -0.240. The first-order chi connectivity index (χ1) is 12.0. The first kappa shape index (κ1) is 17.2. The highest BCUT2D eigenvalue weighted by Gasteiger charge is 2.40. The van der Waals surface area contributed by atoms with E-state index >= 15 is 0 Å².